The van der Waals surface area contributed by atoms with Crippen molar-refractivity contribution in [1.82, 2.24) is 0 Å². The van der Waals surface area contributed by atoms with Crippen LogP contribution in [0.2, 0.25) is 0 Å². The fraction of sp³-hybridized carbons (Fsp3) is 0.143. The molecule has 0 spiro atoms. The standard InChI is InChI=1S/C14H15P/c1-10-3-8-14(11(2)9-10)12-4-6-13(15)7-5-12/h3-9H,15H2,1-2H3. The number of hydrogen-bond donors (Lipinski definition) is 0. The van der Waals surface area contributed by atoms with Gasteiger partial charge in [-0.15, -0.1) is 9.24 Å². The molecule has 0 aliphatic heterocycles. The number of rotatable bonds is 1. The Balaban J connectivity index is 2.49. The first-order valence-electron chi connectivity index (χ1n) is 5.10. The van der Waals surface area contributed by atoms with Gasteiger partial charge in [0, 0.05) is 0 Å². The molecule has 0 fully saturated rings. The van der Waals surface area contributed by atoms with Crippen LogP contribution in [0.5, 0.6) is 0 Å². The smallest absolute Gasteiger partial charge is 0.0155 e. The van der Waals surface area contributed by atoms with Crippen LogP contribution in [0.15, 0.2) is 42.5 Å². The van der Waals surface area contributed by atoms with Crippen molar-refractivity contribution < 1.29 is 0 Å². The summed E-state index contributed by atoms with van der Waals surface area (Å²) in [5.41, 5.74) is 5.27. The van der Waals surface area contributed by atoms with Crippen molar-refractivity contribution in [3.63, 3.8) is 0 Å². The van der Waals surface area contributed by atoms with Gasteiger partial charge in [0.25, 0.3) is 0 Å². The SMILES string of the molecule is Cc1ccc(-c2ccc(P)cc2)c(C)c1. The Bertz CT molecular complexity index is 469. The maximum absolute atomic E-state index is 2.71. The van der Waals surface area contributed by atoms with E-state index in [1.807, 2.05) is 0 Å². The van der Waals surface area contributed by atoms with Crippen molar-refractivity contribution in [2.75, 3.05) is 0 Å². The lowest BCUT2D eigenvalue weighted by Gasteiger charge is -2.07. The highest BCUT2D eigenvalue weighted by Crippen LogP contribution is 2.23. The zero-order valence-electron chi connectivity index (χ0n) is 9.12. The van der Waals surface area contributed by atoms with E-state index in [1.54, 1.807) is 0 Å². The minimum absolute atomic E-state index is 1.23. The van der Waals surface area contributed by atoms with Crippen LogP contribution in [0.3, 0.4) is 0 Å². The van der Waals surface area contributed by atoms with Gasteiger partial charge in [0.05, 0.1) is 0 Å². The fourth-order valence-corrected chi connectivity index (χ4v) is 1.99. The maximum Gasteiger partial charge on any atom is -0.0155 e. The van der Waals surface area contributed by atoms with E-state index in [2.05, 4.69) is 65.6 Å². The van der Waals surface area contributed by atoms with Crippen LogP contribution < -0.4 is 5.30 Å². The molecule has 0 amide bonds. The zero-order valence-corrected chi connectivity index (χ0v) is 10.3. The Morgan fingerprint density at radius 1 is 0.867 bits per heavy atom. The van der Waals surface area contributed by atoms with Gasteiger partial charge in [0.1, 0.15) is 0 Å². The highest BCUT2D eigenvalue weighted by Gasteiger charge is 2.00. The zero-order chi connectivity index (χ0) is 10.8. The van der Waals surface area contributed by atoms with Crippen molar-refractivity contribution >= 4 is 14.5 Å². The van der Waals surface area contributed by atoms with Gasteiger partial charge >= 0.3 is 0 Å². The molecular weight excluding hydrogens is 199 g/mol. The molecular formula is C14H15P. The van der Waals surface area contributed by atoms with Gasteiger partial charge in [-0.2, -0.15) is 0 Å². The molecule has 0 aromatic heterocycles. The Morgan fingerprint density at radius 2 is 1.53 bits per heavy atom. The van der Waals surface area contributed by atoms with Crippen LogP contribution in [0, 0.1) is 13.8 Å². The molecule has 15 heavy (non-hydrogen) atoms. The lowest BCUT2D eigenvalue weighted by atomic mass is 9.99. The average Bonchev–Trinajstić information content (AvgIpc) is 2.20. The second-order valence-corrected chi connectivity index (χ2v) is 4.61. The normalized spacial score (nSPS) is 10.3. The largest absolute Gasteiger partial charge is 0.106 e. The quantitative estimate of drug-likeness (QED) is 0.638. The molecule has 0 aliphatic rings. The van der Waals surface area contributed by atoms with E-state index in [1.165, 1.54) is 27.6 Å². The molecule has 2 aromatic rings. The Labute approximate surface area is 93.5 Å². The summed E-state index contributed by atoms with van der Waals surface area (Å²) in [6.07, 6.45) is 0. The molecule has 0 radical (unpaired) electrons. The van der Waals surface area contributed by atoms with Crippen molar-refractivity contribution in [1.29, 1.82) is 0 Å². The molecule has 0 N–H and O–H groups in total. The van der Waals surface area contributed by atoms with Crippen LogP contribution >= 0.6 is 9.24 Å². The summed E-state index contributed by atoms with van der Waals surface area (Å²) >= 11 is 0. The molecule has 1 unspecified atom stereocenters. The minimum atomic E-state index is 1.23. The van der Waals surface area contributed by atoms with Gasteiger partial charge in [-0.25, -0.2) is 0 Å². The van der Waals surface area contributed by atoms with Gasteiger partial charge in [-0.05, 0) is 35.8 Å². The monoisotopic (exact) mass is 214 g/mol. The number of hydrogen-bond acceptors (Lipinski definition) is 0. The molecule has 1 heteroatoms. The third kappa shape index (κ3) is 2.27. The number of benzene rings is 2. The van der Waals surface area contributed by atoms with Crippen LogP contribution in [0.25, 0.3) is 11.1 Å². The first-order valence-corrected chi connectivity index (χ1v) is 5.68. The predicted octanol–water partition coefficient (Wildman–Crippen LogP) is 3.47. The van der Waals surface area contributed by atoms with Gasteiger partial charge in [0.2, 0.25) is 0 Å². The first kappa shape index (κ1) is 10.4. The molecule has 0 saturated heterocycles. The summed E-state index contributed by atoms with van der Waals surface area (Å²) in [6, 6.07) is 15.2. The summed E-state index contributed by atoms with van der Waals surface area (Å²) in [7, 11) is 2.71. The number of aryl methyl sites for hydroxylation is 2. The van der Waals surface area contributed by atoms with Crippen LogP contribution in [-0.2, 0) is 0 Å². The van der Waals surface area contributed by atoms with Gasteiger partial charge in [-0.1, -0.05) is 48.0 Å². The highest BCUT2D eigenvalue weighted by atomic mass is 31.0. The molecule has 0 bridgehead atoms. The predicted molar refractivity (Wildman–Crippen MR) is 70.7 cm³/mol. The van der Waals surface area contributed by atoms with Crippen molar-refractivity contribution in [3.05, 3.63) is 53.6 Å². The summed E-state index contributed by atoms with van der Waals surface area (Å²) in [5.74, 6) is 0. The average molecular weight is 214 g/mol. The summed E-state index contributed by atoms with van der Waals surface area (Å²) in [6.45, 7) is 4.29. The Hall–Kier alpha value is -1.13. The van der Waals surface area contributed by atoms with E-state index in [-0.39, 0.29) is 0 Å². The second-order valence-electron chi connectivity index (χ2n) is 3.94. The highest BCUT2D eigenvalue weighted by molar-refractivity contribution is 7.27. The van der Waals surface area contributed by atoms with E-state index in [0.29, 0.717) is 0 Å². The molecule has 2 rings (SSSR count). The Morgan fingerprint density at radius 3 is 2.13 bits per heavy atom. The molecule has 0 heterocycles. The van der Waals surface area contributed by atoms with Crippen molar-refractivity contribution in [2.24, 2.45) is 0 Å². The molecule has 0 saturated carbocycles. The van der Waals surface area contributed by atoms with Crippen molar-refractivity contribution in [3.8, 4) is 11.1 Å². The fourth-order valence-electron chi connectivity index (χ4n) is 1.80. The van der Waals surface area contributed by atoms with Gasteiger partial charge in [0.15, 0.2) is 0 Å². The summed E-state index contributed by atoms with van der Waals surface area (Å²) in [4.78, 5) is 0. The van der Waals surface area contributed by atoms with Gasteiger partial charge < -0.3 is 0 Å². The van der Waals surface area contributed by atoms with E-state index in [4.69, 9.17) is 0 Å². The molecule has 2 aromatic carbocycles. The van der Waals surface area contributed by atoms with E-state index >= 15 is 0 Å². The molecule has 1 atom stereocenters. The lowest BCUT2D eigenvalue weighted by Crippen LogP contribution is -1.89. The van der Waals surface area contributed by atoms with Crippen molar-refractivity contribution in [2.45, 2.75) is 13.8 Å². The summed E-state index contributed by atoms with van der Waals surface area (Å²) < 4.78 is 0. The van der Waals surface area contributed by atoms with E-state index < -0.39 is 0 Å². The first-order chi connectivity index (χ1) is 7.16. The maximum atomic E-state index is 2.71. The minimum Gasteiger partial charge on any atom is -0.106 e. The van der Waals surface area contributed by atoms with Crippen LogP contribution in [-0.4, -0.2) is 0 Å². The van der Waals surface area contributed by atoms with E-state index in [0.717, 1.165) is 0 Å². The second kappa shape index (κ2) is 4.16. The summed E-state index contributed by atoms with van der Waals surface area (Å²) in [5, 5.41) is 1.23. The molecule has 0 nitrogen and oxygen atoms in total. The topological polar surface area (TPSA) is 0 Å². The third-order valence-corrected chi connectivity index (χ3v) is 2.99. The molecule has 76 valence electrons. The Kier molecular flexibility index (Phi) is 2.88. The van der Waals surface area contributed by atoms with E-state index in [9.17, 15) is 0 Å². The lowest BCUT2D eigenvalue weighted by molar-refractivity contribution is 1.38. The van der Waals surface area contributed by atoms with Crippen LogP contribution in [0.1, 0.15) is 11.1 Å². The molecule has 0 aliphatic carbocycles. The van der Waals surface area contributed by atoms with Crippen LogP contribution in [0.4, 0.5) is 0 Å². The third-order valence-electron chi connectivity index (χ3n) is 2.60. The van der Waals surface area contributed by atoms with Gasteiger partial charge in [-0.3, -0.25) is 0 Å².